The van der Waals surface area contributed by atoms with Crippen LogP contribution in [0.5, 0.6) is 0 Å². The number of thiophene rings is 1. The number of rotatable bonds is 5. The van der Waals surface area contributed by atoms with E-state index in [1.807, 2.05) is 11.4 Å². The maximum Gasteiger partial charge on any atom is 0.124 e. The van der Waals surface area contributed by atoms with Crippen molar-refractivity contribution in [3.63, 3.8) is 0 Å². The predicted molar refractivity (Wildman–Crippen MR) is 84.5 cm³/mol. The van der Waals surface area contributed by atoms with Crippen LogP contribution in [0.2, 0.25) is 16.6 Å². The maximum absolute atomic E-state index is 11.6. The molecule has 1 heterocycles. The van der Waals surface area contributed by atoms with Crippen LogP contribution >= 0.6 is 11.3 Å². The lowest BCUT2D eigenvalue weighted by molar-refractivity contribution is 0.569. The molecule has 0 atom stereocenters. The highest BCUT2D eigenvalue weighted by Crippen LogP contribution is 2.49. The van der Waals surface area contributed by atoms with Gasteiger partial charge in [-0.15, -0.1) is 11.3 Å². The second kappa shape index (κ2) is 6.01. The molecule has 18 heavy (non-hydrogen) atoms. The number of hydrogen-bond acceptors (Lipinski definition) is 2. The van der Waals surface area contributed by atoms with E-state index in [1.165, 1.54) is 0 Å². The molecule has 1 nitrogen and oxygen atoms in total. The highest BCUT2D eigenvalue weighted by atomic mass is 32.1. The van der Waals surface area contributed by atoms with E-state index in [0.29, 0.717) is 16.6 Å². The molecule has 0 radical (unpaired) electrons. The van der Waals surface area contributed by atoms with Gasteiger partial charge in [0.2, 0.25) is 0 Å². The molecule has 100 valence electrons. The molecule has 1 aromatic heterocycles. The van der Waals surface area contributed by atoms with Gasteiger partial charge in [-0.25, -0.2) is 4.79 Å². The summed E-state index contributed by atoms with van der Waals surface area (Å²) in [6, 6.07) is 4.09. The van der Waals surface area contributed by atoms with Gasteiger partial charge in [0.1, 0.15) is 14.0 Å². The summed E-state index contributed by atoms with van der Waals surface area (Å²) in [5.74, 6) is 2.33. The van der Waals surface area contributed by atoms with Gasteiger partial charge >= 0.3 is 0 Å². The molecule has 0 amide bonds. The minimum Gasteiger partial charge on any atom is -0.234 e. The van der Waals surface area contributed by atoms with Gasteiger partial charge in [0, 0.05) is 10.1 Å². The number of carbonyl (C=O) groups excluding carboxylic acids is 1. The van der Waals surface area contributed by atoms with Gasteiger partial charge in [0.25, 0.3) is 0 Å². The maximum atomic E-state index is 11.6. The molecule has 0 spiro atoms. The second-order valence-corrected chi connectivity index (χ2v) is 12.6. The first-order valence-electron chi connectivity index (χ1n) is 6.68. The molecule has 0 bridgehead atoms. The van der Waals surface area contributed by atoms with Crippen molar-refractivity contribution >= 4 is 30.5 Å². The minimum absolute atomic E-state index is 0.552. The Bertz CT molecular complexity index is 404. The monoisotopic (exact) mass is 280 g/mol. The summed E-state index contributed by atoms with van der Waals surface area (Å²) < 4.78 is 0. The van der Waals surface area contributed by atoms with Crippen LogP contribution < -0.4 is 0 Å². The molecular weight excluding hydrogens is 256 g/mol. The average Bonchev–Trinajstić information content (AvgIpc) is 2.76. The highest BCUT2D eigenvalue weighted by molar-refractivity contribution is 7.15. The topological polar surface area (TPSA) is 17.1 Å². The molecule has 0 saturated carbocycles. The van der Waals surface area contributed by atoms with Gasteiger partial charge in [-0.3, -0.25) is 0 Å². The van der Waals surface area contributed by atoms with Crippen molar-refractivity contribution in [2.45, 2.75) is 58.2 Å². The van der Waals surface area contributed by atoms with Gasteiger partial charge in [-0.1, -0.05) is 47.6 Å². The first-order chi connectivity index (χ1) is 8.38. The summed E-state index contributed by atoms with van der Waals surface area (Å²) in [6.45, 7) is 13.6. The van der Waals surface area contributed by atoms with Crippen molar-refractivity contribution in [2.24, 2.45) is 0 Å². The number of hydrogen-bond donors (Lipinski definition) is 0. The van der Waals surface area contributed by atoms with Crippen LogP contribution in [0.4, 0.5) is 0 Å². The van der Waals surface area contributed by atoms with Crippen molar-refractivity contribution in [2.75, 3.05) is 0 Å². The molecule has 3 heteroatoms. The highest BCUT2D eigenvalue weighted by Gasteiger charge is 2.47. The van der Waals surface area contributed by atoms with Crippen LogP contribution in [0.1, 0.15) is 46.4 Å². The van der Waals surface area contributed by atoms with E-state index in [1.54, 1.807) is 11.3 Å². The molecule has 0 fully saturated rings. The Hall–Kier alpha value is -0.633. The molecule has 1 rings (SSSR count). The van der Waals surface area contributed by atoms with Crippen LogP contribution in [-0.4, -0.2) is 14.0 Å². The molecule has 0 aromatic carbocycles. The summed E-state index contributed by atoms with van der Waals surface area (Å²) in [6.07, 6.45) is 0. The van der Waals surface area contributed by atoms with Crippen molar-refractivity contribution < 1.29 is 4.79 Å². The van der Waals surface area contributed by atoms with E-state index in [4.69, 9.17) is 0 Å². The van der Waals surface area contributed by atoms with E-state index in [-0.39, 0.29) is 0 Å². The third-order valence-electron chi connectivity index (χ3n) is 4.17. The van der Waals surface area contributed by atoms with Crippen molar-refractivity contribution in [3.8, 4) is 0 Å². The second-order valence-electron chi connectivity index (χ2n) is 5.85. The molecule has 0 unspecified atom stereocenters. The zero-order valence-corrected chi connectivity index (χ0v) is 14.1. The molecule has 0 aliphatic carbocycles. The normalized spacial score (nSPS) is 12.3. The third kappa shape index (κ3) is 2.40. The Kier molecular flexibility index (Phi) is 5.15. The van der Waals surface area contributed by atoms with Crippen molar-refractivity contribution in [3.05, 3.63) is 22.4 Å². The Morgan fingerprint density at radius 1 is 1.11 bits per heavy atom. The summed E-state index contributed by atoms with van der Waals surface area (Å²) >= 11 is 1.67. The quantitative estimate of drug-likeness (QED) is 0.536. The lowest BCUT2D eigenvalue weighted by Crippen LogP contribution is -2.46. The van der Waals surface area contributed by atoms with E-state index < -0.39 is 8.07 Å². The molecule has 1 aromatic rings. The minimum atomic E-state index is -1.86. The fourth-order valence-electron chi connectivity index (χ4n) is 3.64. The largest absolute Gasteiger partial charge is 0.234 e. The van der Waals surface area contributed by atoms with Gasteiger partial charge in [-0.05, 0) is 28.1 Å². The molecular formula is C15H24OSSi. The first kappa shape index (κ1) is 15.4. The van der Waals surface area contributed by atoms with Gasteiger partial charge in [0.05, 0.1) is 0 Å². The SMILES string of the molecule is CC(C)[Si](C(=C=O)c1cccs1)(C(C)C)C(C)C. The summed E-state index contributed by atoms with van der Waals surface area (Å²) in [7, 11) is -1.86. The zero-order valence-electron chi connectivity index (χ0n) is 12.3. The van der Waals surface area contributed by atoms with Crippen LogP contribution in [0.3, 0.4) is 0 Å². The fraction of sp³-hybridized carbons (Fsp3) is 0.600. The fourth-order valence-corrected chi connectivity index (χ4v) is 11.4. The Balaban J connectivity index is 3.47. The lowest BCUT2D eigenvalue weighted by atomic mass is 10.4. The van der Waals surface area contributed by atoms with E-state index in [0.717, 1.165) is 10.1 Å². The first-order valence-corrected chi connectivity index (χ1v) is 9.79. The van der Waals surface area contributed by atoms with Crippen molar-refractivity contribution in [1.82, 2.24) is 0 Å². The van der Waals surface area contributed by atoms with Crippen LogP contribution in [0.15, 0.2) is 17.5 Å². The zero-order chi connectivity index (χ0) is 13.9. The van der Waals surface area contributed by atoms with Gasteiger partial charge in [0.15, 0.2) is 0 Å². The van der Waals surface area contributed by atoms with Crippen molar-refractivity contribution in [1.29, 1.82) is 0 Å². The smallest absolute Gasteiger partial charge is 0.124 e. The summed E-state index contributed by atoms with van der Waals surface area (Å²) in [5, 5.41) is 3.05. The van der Waals surface area contributed by atoms with Gasteiger partial charge < -0.3 is 0 Å². The van der Waals surface area contributed by atoms with Crippen LogP contribution in [-0.2, 0) is 4.79 Å². The molecule has 0 aliphatic heterocycles. The Morgan fingerprint density at radius 3 is 1.89 bits per heavy atom. The van der Waals surface area contributed by atoms with Crippen LogP contribution in [0.25, 0.3) is 5.20 Å². The van der Waals surface area contributed by atoms with E-state index in [9.17, 15) is 4.79 Å². The Labute approximate surface area is 116 Å². The summed E-state index contributed by atoms with van der Waals surface area (Å²) in [5.41, 5.74) is 1.66. The van der Waals surface area contributed by atoms with Gasteiger partial charge in [-0.2, -0.15) is 0 Å². The van der Waals surface area contributed by atoms with E-state index in [2.05, 4.69) is 53.6 Å². The van der Waals surface area contributed by atoms with Crippen LogP contribution in [0, 0.1) is 0 Å². The predicted octanol–water partition coefficient (Wildman–Crippen LogP) is 5.18. The molecule has 0 aliphatic rings. The summed E-state index contributed by atoms with van der Waals surface area (Å²) in [4.78, 5) is 12.8. The lowest BCUT2D eigenvalue weighted by Gasteiger charge is -2.43. The Morgan fingerprint density at radius 2 is 1.61 bits per heavy atom. The standard InChI is InChI=1S/C15H24OSSi/c1-11(2)18(12(3)4,13(5)6)15(10-16)14-8-7-9-17-14/h7-9,11-13H,1-6H3. The molecule has 0 N–H and O–H groups in total. The molecule has 0 saturated heterocycles. The average molecular weight is 281 g/mol. The van der Waals surface area contributed by atoms with E-state index >= 15 is 0 Å². The third-order valence-corrected chi connectivity index (χ3v) is 12.2.